The Hall–Kier alpha value is -5.32. The first kappa shape index (κ1) is 48.7. The predicted molar refractivity (Wildman–Crippen MR) is 287 cm³/mol. The van der Waals surface area contributed by atoms with Crippen LogP contribution < -0.4 is 13.7 Å². The summed E-state index contributed by atoms with van der Waals surface area (Å²) in [6, 6.07) is 52.7. The zero-order valence-electron chi connectivity index (χ0n) is 43.4. The Kier molecular flexibility index (Phi) is 11.6. The van der Waals surface area contributed by atoms with Gasteiger partial charge >= 0.3 is 0 Å². The smallest absolute Gasteiger partial charge is 0.187 e. The van der Waals surface area contributed by atoms with E-state index in [2.05, 4.69) is 242 Å². The molecule has 2 bridgehead atoms. The topological polar surface area (TPSA) is 27.1 Å². The van der Waals surface area contributed by atoms with Crippen LogP contribution >= 0.6 is 0 Å². The molecule has 6 aromatic carbocycles. The maximum absolute atomic E-state index is 6.88. The number of quaternary nitrogens is 2. The third-order valence-corrected chi connectivity index (χ3v) is 14.6. The number of ether oxygens (including phenoxy) is 1. The molecule has 0 amide bonds. The van der Waals surface area contributed by atoms with Gasteiger partial charge in [0.1, 0.15) is 11.5 Å². The van der Waals surface area contributed by atoms with E-state index < -0.39 is 0 Å². The quantitative estimate of drug-likeness (QED) is 0.123. The van der Waals surface area contributed by atoms with E-state index in [0.29, 0.717) is 20.5 Å². The van der Waals surface area contributed by atoms with Crippen molar-refractivity contribution in [2.75, 3.05) is 6.67 Å². The molecule has 358 valence electrons. The Morgan fingerprint density at radius 2 is 1.17 bits per heavy atom. The minimum absolute atomic E-state index is 0. The van der Waals surface area contributed by atoms with Crippen molar-refractivity contribution in [3.63, 3.8) is 0 Å². The molecule has 69 heavy (non-hydrogen) atoms. The Morgan fingerprint density at radius 1 is 0.565 bits per heavy atom. The zero-order chi connectivity index (χ0) is 48.6. The van der Waals surface area contributed by atoms with Crippen molar-refractivity contribution in [3.8, 4) is 28.4 Å². The number of rotatable bonds is 6. The summed E-state index contributed by atoms with van der Waals surface area (Å²) < 4.78 is 10.4. The van der Waals surface area contributed by atoms with Gasteiger partial charge in [0.2, 0.25) is 0 Å². The van der Waals surface area contributed by atoms with E-state index >= 15 is 0 Å². The molecule has 0 aliphatic carbocycles. The maximum Gasteiger partial charge on any atom is 0.187 e. The molecule has 1 fully saturated rings. The van der Waals surface area contributed by atoms with Gasteiger partial charge in [-0.05, 0) is 90.1 Å². The van der Waals surface area contributed by atoms with Crippen LogP contribution in [0.3, 0.4) is 0 Å². The van der Waals surface area contributed by atoms with Crippen molar-refractivity contribution in [1.82, 2.24) is 18.5 Å². The number of nitrogens with zero attached hydrogens (tertiary/aromatic N) is 4. The van der Waals surface area contributed by atoms with Crippen LogP contribution in [-0.2, 0) is 48.1 Å². The van der Waals surface area contributed by atoms with Gasteiger partial charge < -0.3 is 13.8 Å². The molecule has 8 aromatic rings. The van der Waals surface area contributed by atoms with E-state index in [1.807, 2.05) is 12.3 Å². The van der Waals surface area contributed by atoms with E-state index in [0.717, 1.165) is 34.6 Å². The average Bonchev–Trinajstić information content (AvgIpc) is 3.86. The van der Waals surface area contributed by atoms with Gasteiger partial charge in [-0.15, -0.1) is 29.7 Å². The molecule has 2 atom stereocenters. The number of hydrogen-bond donors (Lipinski definition) is 0. The number of para-hydroxylation sites is 1. The standard InChI is InChI=1S/C63H69N4O.Pt/c1-59(2,3)42-21-16-20-41(32-42)50-24-18-27-55-58(50)67(47-34-44(61(7,8)9)33-45(35-47)62(10,11)12)39-66(55,40-67)46-22-17-23-48(37-46)68-49-28-29-51-54(38-49)65(56-36-43(30-31-64-56)60(4,5)6)53-26-19-25-52(57(51)53)63(13,14)15;/h16-36,39H,40H2,1-15H3;/q-1;/t66-,67+;/m1./s1. The van der Waals surface area contributed by atoms with Gasteiger partial charge in [0.15, 0.2) is 18.0 Å². The summed E-state index contributed by atoms with van der Waals surface area (Å²) in [7, 11) is 0. The largest absolute Gasteiger partial charge is 0.509 e. The summed E-state index contributed by atoms with van der Waals surface area (Å²) in [5.74, 6) is 2.16. The maximum atomic E-state index is 6.88. The van der Waals surface area contributed by atoms with Crippen LogP contribution in [0.1, 0.15) is 132 Å². The van der Waals surface area contributed by atoms with E-state index in [1.54, 1.807) is 0 Å². The predicted octanol–water partition coefficient (Wildman–Crippen LogP) is 17.1. The average molecular weight is 1090 g/mol. The molecule has 1 saturated heterocycles. The number of fused-ring (bicyclic) bond motifs is 3. The van der Waals surface area contributed by atoms with Crippen molar-refractivity contribution in [1.29, 1.82) is 0 Å². The van der Waals surface area contributed by atoms with Crippen LogP contribution in [0.25, 0.3) is 38.8 Å². The zero-order valence-corrected chi connectivity index (χ0v) is 45.7. The molecule has 11 rings (SSSR count). The van der Waals surface area contributed by atoms with Crippen molar-refractivity contribution >= 4 is 44.6 Å². The first-order valence-corrected chi connectivity index (χ1v) is 24.5. The minimum atomic E-state index is -0.0727. The molecule has 3 aliphatic rings. The molecular weight excluding hydrogens is 1020 g/mol. The Labute approximate surface area is 426 Å². The molecule has 0 radical (unpaired) electrons. The van der Waals surface area contributed by atoms with E-state index in [9.17, 15) is 0 Å². The number of pyridine rings is 1. The normalized spacial score (nSPS) is 18.2. The van der Waals surface area contributed by atoms with Gasteiger partial charge in [-0.1, -0.05) is 164 Å². The van der Waals surface area contributed by atoms with E-state index in [4.69, 9.17) is 9.72 Å². The van der Waals surface area contributed by atoms with Crippen molar-refractivity contribution in [2.24, 2.45) is 0 Å². The number of aromatic nitrogens is 2. The fourth-order valence-electron chi connectivity index (χ4n) is 10.6. The monoisotopic (exact) mass is 1090 g/mol. The summed E-state index contributed by atoms with van der Waals surface area (Å²) in [5.41, 5.74) is 15.9. The molecule has 6 heteroatoms. The molecule has 5 heterocycles. The van der Waals surface area contributed by atoms with E-state index in [1.165, 1.54) is 61.4 Å². The van der Waals surface area contributed by atoms with Crippen molar-refractivity contribution in [3.05, 3.63) is 174 Å². The second kappa shape index (κ2) is 16.4. The van der Waals surface area contributed by atoms with Gasteiger partial charge in [0.05, 0.1) is 6.67 Å². The van der Waals surface area contributed by atoms with Gasteiger partial charge in [0.25, 0.3) is 0 Å². The fourth-order valence-corrected chi connectivity index (χ4v) is 10.6. The van der Waals surface area contributed by atoms with E-state index in [-0.39, 0.29) is 48.1 Å². The second-order valence-corrected chi connectivity index (χ2v) is 24.8. The molecule has 0 spiro atoms. The minimum Gasteiger partial charge on any atom is -0.509 e. The first-order valence-electron chi connectivity index (χ1n) is 24.5. The molecule has 0 saturated carbocycles. The molecule has 0 unspecified atom stereocenters. The molecular formula is C63H69N4OPt-. The second-order valence-electron chi connectivity index (χ2n) is 24.8. The summed E-state index contributed by atoms with van der Waals surface area (Å²) in [4.78, 5) is 4.98. The Morgan fingerprint density at radius 3 is 1.83 bits per heavy atom. The van der Waals surface area contributed by atoms with Gasteiger partial charge in [-0.3, -0.25) is 4.48 Å². The first-order chi connectivity index (χ1) is 31.8. The number of benzene rings is 6. The van der Waals surface area contributed by atoms with Crippen LogP contribution in [0.15, 0.2) is 128 Å². The fraction of sp³-hybridized carbons (Fsp3) is 0.333. The summed E-state index contributed by atoms with van der Waals surface area (Å²) in [6.45, 7) is 37.8. The van der Waals surface area contributed by atoms with Crippen LogP contribution in [0.5, 0.6) is 11.5 Å². The van der Waals surface area contributed by atoms with Crippen molar-refractivity contribution in [2.45, 2.75) is 131 Å². The summed E-state index contributed by atoms with van der Waals surface area (Å²) in [6.07, 6.45) is 1.93. The molecule has 5 nitrogen and oxygen atoms in total. The van der Waals surface area contributed by atoms with Crippen LogP contribution in [0, 0.1) is 18.8 Å². The van der Waals surface area contributed by atoms with Gasteiger partial charge in [-0.25, -0.2) is 4.98 Å². The van der Waals surface area contributed by atoms with Gasteiger partial charge in [0, 0.05) is 73.7 Å². The van der Waals surface area contributed by atoms with Crippen molar-refractivity contribution < 1.29 is 25.8 Å². The Bertz CT molecular complexity index is 3260. The number of hydrogen-bond acceptors (Lipinski definition) is 2. The van der Waals surface area contributed by atoms with Crippen LogP contribution in [-0.4, -0.2) is 16.2 Å². The third-order valence-electron chi connectivity index (χ3n) is 14.6. The van der Waals surface area contributed by atoms with Gasteiger partial charge in [-0.2, -0.15) is 12.1 Å². The van der Waals surface area contributed by atoms with Crippen LogP contribution in [0.4, 0.5) is 22.7 Å². The Balaban J connectivity index is 0.00000593. The summed E-state index contributed by atoms with van der Waals surface area (Å²) >= 11 is 0. The third kappa shape index (κ3) is 8.21. The summed E-state index contributed by atoms with van der Waals surface area (Å²) in [5, 5.41) is 2.35. The SMILES string of the molecule is CC(C)(C)c1cccc(-c2cccc3c2[N@@+]2(c4cc(C(C)(C)C)cc(C(C)(C)C)c4)[CH-][N@+]3(c3[c-]c(Oc4[c-]c5c(cc4)c4c(C(C)(C)C)cccc4n5-c4cc(C(C)(C)C)ccn4)ccc3)C2)c1.[Pt]. The molecule has 3 aliphatic heterocycles. The molecule has 0 N–H and O–H groups in total. The van der Waals surface area contributed by atoms with Crippen LogP contribution in [0.2, 0.25) is 0 Å². The molecule has 2 aromatic heterocycles.